The van der Waals surface area contributed by atoms with E-state index in [1.54, 1.807) is 7.11 Å². The summed E-state index contributed by atoms with van der Waals surface area (Å²) in [7, 11) is 0.778. The lowest BCUT2D eigenvalue weighted by atomic mass is 10.3. The molecule has 0 unspecified atom stereocenters. The fourth-order valence-electron chi connectivity index (χ4n) is 2.23. The first-order valence-corrected chi connectivity index (χ1v) is 8.49. The van der Waals surface area contributed by atoms with E-state index >= 15 is 0 Å². The molecule has 2 rings (SSSR count). The average molecular weight is 354 g/mol. The van der Waals surface area contributed by atoms with Crippen molar-refractivity contribution in [2.45, 2.75) is 23.3 Å². The number of hydrogen-bond acceptors (Lipinski definition) is 4. The topological polar surface area (TPSA) is 55.8 Å². The summed E-state index contributed by atoms with van der Waals surface area (Å²) < 4.78 is 37.0. The number of nitrogens with zero attached hydrogens (tertiary/aromatic N) is 1. The molecule has 0 spiro atoms. The molecule has 0 radical (unpaired) electrons. The van der Waals surface area contributed by atoms with Crippen LogP contribution in [0.25, 0.3) is 0 Å². The van der Waals surface area contributed by atoms with Gasteiger partial charge in [-0.1, -0.05) is 23.2 Å². The molecule has 118 valence electrons. The van der Waals surface area contributed by atoms with E-state index in [0.717, 1.165) is 12.8 Å². The smallest absolute Gasteiger partial charge is 0.244 e. The predicted octanol–water partition coefficient (Wildman–Crippen LogP) is 2.80. The van der Waals surface area contributed by atoms with Crippen molar-refractivity contribution in [1.82, 2.24) is 4.31 Å². The van der Waals surface area contributed by atoms with Crippen LogP contribution in [0.4, 0.5) is 0 Å². The number of halogens is 2. The molecule has 0 atom stereocenters. The van der Waals surface area contributed by atoms with Crippen molar-refractivity contribution in [3.05, 3.63) is 22.2 Å². The van der Waals surface area contributed by atoms with Crippen molar-refractivity contribution in [1.29, 1.82) is 0 Å². The van der Waals surface area contributed by atoms with Crippen molar-refractivity contribution in [3.8, 4) is 5.75 Å². The van der Waals surface area contributed by atoms with Gasteiger partial charge in [0.15, 0.2) is 0 Å². The van der Waals surface area contributed by atoms with Crippen LogP contribution in [0.1, 0.15) is 12.8 Å². The maximum Gasteiger partial charge on any atom is 0.244 e. The Kier molecular flexibility index (Phi) is 4.75. The third-order valence-corrected chi connectivity index (χ3v) is 6.48. The highest BCUT2D eigenvalue weighted by Crippen LogP contribution is 2.45. The molecule has 1 fully saturated rings. The minimum Gasteiger partial charge on any atom is -0.495 e. The molecule has 0 aromatic heterocycles. The lowest BCUT2D eigenvalue weighted by Crippen LogP contribution is -2.42. The van der Waals surface area contributed by atoms with Crippen LogP contribution in [0.3, 0.4) is 0 Å². The van der Waals surface area contributed by atoms with Crippen molar-refractivity contribution in [2.24, 2.45) is 0 Å². The van der Waals surface area contributed by atoms with E-state index < -0.39 is 15.6 Å². The zero-order valence-electron chi connectivity index (χ0n) is 12.0. The zero-order valence-corrected chi connectivity index (χ0v) is 14.3. The number of likely N-dealkylation sites (N-methyl/N-ethyl adjacent to an activating group) is 1. The minimum absolute atomic E-state index is 0.0279. The average Bonchev–Trinajstić information content (AvgIpc) is 3.21. The van der Waals surface area contributed by atoms with Gasteiger partial charge in [0.25, 0.3) is 0 Å². The van der Waals surface area contributed by atoms with Gasteiger partial charge in [-0.3, -0.25) is 0 Å². The Hall–Kier alpha value is -0.530. The Bertz CT molecular complexity index is 644. The Labute approximate surface area is 134 Å². The molecule has 0 saturated heterocycles. The molecule has 0 N–H and O–H groups in total. The number of hydrogen-bond donors (Lipinski definition) is 0. The van der Waals surface area contributed by atoms with Crippen molar-refractivity contribution in [3.63, 3.8) is 0 Å². The third kappa shape index (κ3) is 3.00. The maximum absolute atomic E-state index is 12.8. The molecule has 8 heteroatoms. The van der Waals surface area contributed by atoms with Crippen LogP contribution in [-0.2, 0) is 14.8 Å². The summed E-state index contributed by atoms with van der Waals surface area (Å²) in [4.78, 5) is -0.0279. The number of methoxy groups -OCH3 is 2. The van der Waals surface area contributed by atoms with Gasteiger partial charge in [-0.25, -0.2) is 8.42 Å². The Balaban J connectivity index is 2.43. The van der Waals surface area contributed by atoms with E-state index in [1.165, 1.54) is 30.6 Å². The fraction of sp³-hybridized carbons (Fsp3) is 0.538. The lowest BCUT2D eigenvalue weighted by molar-refractivity contribution is 0.130. The van der Waals surface area contributed by atoms with Gasteiger partial charge in [0, 0.05) is 20.2 Å². The fourth-order valence-corrected chi connectivity index (χ4v) is 4.59. The van der Waals surface area contributed by atoms with E-state index in [9.17, 15) is 8.42 Å². The molecule has 1 aromatic carbocycles. The zero-order chi connectivity index (χ0) is 15.8. The first-order valence-electron chi connectivity index (χ1n) is 6.29. The second-order valence-corrected chi connectivity index (χ2v) is 7.80. The summed E-state index contributed by atoms with van der Waals surface area (Å²) in [5, 5.41) is 0.279. The number of rotatable bonds is 6. The first-order chi connectivity index (χ1) is 9.78. The molecular weight excluding hydrogens is 337 g/mol. The van der Waals surface area contributed by atoms with E-state index in [2.05, 4.69) is 0 Å². The minimum atomic E-state index is -3.75. The van der Waals surface area contributed by atoms with Crippen molar-refractivity contribution >= 4 is 33.2 Å². The standard InChI is InChI=1S/C13H17Cl2NO4S/c1-16(13(4-5-13)8-19-2)21(17,18)12-7-9(14)11(20-3)6-10(12)15/h6-7H,4-5,8H2,1-3H3. The van der Waals surface area contributed by atoms with Crippen LogP contribution >= 0.6 is 23.2 Å². The van der Waals surface area contributed by atoms with Gasteiger partial charge in [0.2, 0.25) is 10.0 Å². The van der Waals surface area contributed by atoms with Crippen LogP contribution in [0.5, 0.6) is 5.75 Å². The summed E-state index contributed by atoms with van der Waals surface area (Å²) in [5.74, 6) is 0.335. The van der Waals surface area contributed by atoms with E-state index in [1.807, 2.05) is 0 Å². The second kappa shape index (κ2) is 5.93. The highest BCUT2D eigenvalue weighted by molar-refractivity contribution is 7.89. The Morgan fingerprint density at radius 2 is 1.86 bits per heavy atom. The molecule has 0 heterocycles. The van der Waals surface area contributed by atoms with Gasteiger partial charge >= 0.3 is 0 Å². The molecular formula is C13H17Cl2NO4S. The number of ether oxygens (including phenoxy) is 2. The summed E-state index contributed by atoms with van der Waals surface area (Å²) >= 11 is 12.1. The predicted molar refractivity (Wildman–Crippen MR) is 81.8 cm³/mol. The largest absolute Gasteiger partial charge is 0.495 e. The van der Waals surface area contributed by atoms with Gasteiger partial charge in [-0.2, -0.15) is 4.31 Å². The molecule has 5 nitrogen and oxygen atoms in total. The monoisotopic (exact) mass is 353 g/mol. The Morgan fingerprint density at radius 3 is 2.33 bits per heavy atom. The second-order valence-electron chi connectivity index (χ2n) is 5.05. The normalized spacial score (nSPS) is 17.0. The molecule has 1 aliphatic carbocycles. The first kappa shape index (κ1) is 16.8. The molecule has 0 aliphatic heterocycles. The van der Waals surface area contributed by atoms with Crippen LogP contribution in [-0.4, -0.2) is 46.1 Å². The molecule has 21 heavy (non-hydrogen) atoms. The molecule has 0 amide bonds. The summed E-state index contributed by atoms with van der Waals surface area (Å²) in [6.45, 7) is 0.351. The summed E-state index contributed by atoms with van der Waals surface area (Å²) in [6.07, 6.45) is 1.52. The molecule has 0 bridgehead atoms. The van der Waals surface area contributed by atoms with Gasteiger partial charge in [0.1, 0.15) is 10.6 Å². The summed E-state index contributed by atoms with van der Waals surface area (Å²) in [6, 6.07) is 2.72. The van der Waals surface area contributed by atoms with Gasteiger partial charge in [-0.15, -0.1) is 0 Å². The molecule has 1 aliphatic rings. The van der Waals surface area contributed by atoms with Gasteiger partial charge in [-0.05, 0) is 18.9 Å². The van der Waals surface area contributed by atoms with Gasteiger partial charge < -0.3 is 9.47 Å². The van der Waals surface area contributed by atoms with Gasteiger partial charge in [0.05, 0.1) is 29.3 Å². The van der Waals surface area contributed by atoms with E-state index in [0.29, 0.717) is 12.4 Å². The van der Waals surface area contributed by atoms with Crippen LogP contribution in [0.2, 0.25) is 10.0 Å². The number of sulfonamides is 1. The van der Waals surface area contributed by atoms with Crippen molar-refractivity contribution < 1.29 is 17.9 Å². The highest BCUT2D eigenvalue weighted by atomic mass is 35.5. The number of benzene rings is 1. The lowest BCUT2D eigenvalue weighted by Gasteiger charge is -2.27. The Morgan fingerprint density at radius 1 is 1.24 bits per heavy atom. The van der Waals surface area contributed by atoms with Crippen LogP contribution < -0.4 is 4.74 Å². The maximum atomic E-state index is 12.8. The molecule has 1 saturated carbocycles. The highest BCUT2D eigenvalue weighted by Gasteiger charge is 2.51. The summed E-state index contributed by atoms with van der Waals surface area (Å²) in [5.41, 5.74) is -0.483. The third-order valence-electron chi connectivity index (χ3n) is 3.75. The van der Waals surface area contributed by atoms with E-state index in [4.69, 9.17) is 32.7 Å². The molecule has 1 aromatic rings. The van der Waals surface area contributed by atoms with E-state index in [-0.39, 0.29) is 14.9 Å². The van der Waals surface area contributed by atoms with Crippen LogP contribution in [0, 0.1) is 0 Å². The quantitative estimate of drug-likeness (QED) is 0.788. The SMILES string of the molecule is COCC1(N(C)S(=O)(=O)c2cc(Cl)c(OC)cc2Cl)CC1. The van der Waals surface area contributed by atoms with Crippen molar-refractivity contribution in [2.75, 3.05) is 27.9 Å². The van der Waals surface area contributed by atoms with Crippen LogP contribution in [0.15, 0.2) is 17.0 Å².